The molecular weight excluding hydrogens is 208 g/mol. The van der Waals surface area contributed by atoms with Crippen molar-refractivity contribution in [1.82, 2.24) is 4.90 Å². The van der Waals surface area contributed by atoms with E-state index in [9.17, 15) is 0 Å². The normalized spacial score (nSPS) is 16.8. The average molecular weight is 232 g/mol. The molecular formula is C15H24N2. The minimum Gasteiger partial charge on any atom is -0.399 e. The molecule has 0 amide bonds. The van der Waals surface area contributed by atoms with Crippen LogP contribution in [0, 0.1) is 5.92 Å². The Hall–Kier alpha value is -1.02. The van der Waals surface area contributed by atoms with Crippen molar-refractivity contribution in [2.75, 3.05) is 25.9 Å². The zero-order valence-electron chi connectivity index (χ0n) is 10.9. The van der Waals surface area contributed by atoms with Crippen LogP contribution < -0.4 is 5.73 Å². The van der Waals surface area contributed by atoms with Crippen molar-refractivity contribution in [3.8, 4) is 0 Å². The van der Waals surface area contributed by atoms with Crippen molar-refractivity contribution in [3.05, 3.63) is 29.8 Å². The summed E-state index contributed by atoms with van der Waals surface area (Å²) >= 11 is 0. The highest BCUT2D eigenvalue weighted by Crippen LogP contribution is 2.25. The molecule has 17 heavy (non-hydrogen) atoms. The molecule has 2 rings (SSSR count). The molecule has 0 aliphatic heterocycles. The molecule has 1 aliphatic rings. The molecule has 2 heteroatoms. The Bertz CT molecular complexity index is 343. The van der Waals surface area contributed by atoms with Crippen LogP contribution in [-0.4, -0.2) is 25.0 Å². The summed E-state index contributed by atoms with van der Waals surface area (Å²) in [6.07, 6.45) is 6.85. The Labute approximate surface area is 105 Å². The van der Waals surface area contributed by atoms with Gasteiger partial charge in [0.15, 0.2) is 0 Å². The Kier molecular flexibility index (Phi) is 4.43. The number of nitrogens with zero attached hydrogens (tertiary/aromatic N) is 1. The van der Waals surface area contributed by atoms with Crippen LogP contribution in [0.15, 0.2) is 24.3 Å². The lowest BCUT2D eigenvalue weighted by molar-refractivity contribution is 0.281. The number of nitrogen functional groups attached to an aromatic ring is 1. The summed E-state index contributed by atoms with van der Waals surface area (Å²) in [7, 11) is 2.24. The molecule has 0 unspecified atom stereocenters. The van der Waals surface area contributed by atoms with Crippen molar-refractivity contribution in [2.45, 2.75) is 32.1 Å². The van der Waals surface area contributed by atoms with E-state index in [4.69, 9.17) is 5.73 Å². The van der Waals surface area contributed by atoms with Crippen molar-refractivity contribution < 1.29 is 0 Å². The molecule has 0 radical (unpaired) electrons. The molecule has 0 saturated heterocycles. The minimum atomic E-state index is 0.876. The summed E-state index contributed by atoms with van der Waals surface area (Å²) in [5.74, 6) is 0.945. The highest BCUT2D eigenvalue weighted by Gasteiger charge is 2.16. The summed E-state index contributed by atoms with van der Waals surface area (Å²) in [5.41, 5.74) is 8.01. The maximum Gasteiger partial charge on any atom is 0.0316 e. The van der Waals surface area contributed by atoms with Gasteiger partial charge in [0.05, 0.1) is 0 Å². The van der Waals surface area contributed by atoms with Gasteiger partial charge in [-0.3, -0.25) is 0 Å². The Morgan fingerprint density at radius 1 is 1.29 bits per heavy atom. The number of nitrogens with two attached hydrogens (primary N) is 1. The second-order valence-electron chi connectivity index (χ2n) is 5.41. The predicted molar refractivity (Wildman–Crippen MR) is 74.0 cm³/mol. The fourth-order valence-electron chi connectivity index (χ4n) is 2.79. The molecule has 2 nitrogen and oxygen atoms in total. The number of hydrogen-bond donors (Lipinski definition) is 1. The number of likely N-dealkylation sites (N-methyl/N-ethyl adjacent to an activating group) is 1. The smallest absolute Gasteiger partial charge is 0.0316 e. The van der Waals surface area contributed by atoms with Crippen LogP contribution in [-0.2, 0) is 6.42 Å². The van der Waals surface area contributed by atoms with Gasteiger partial charge < -0.3 is 10.6 Å². The Morgan fingerprint density at radius 3 is 2.76 bits per heavy atom. The summed E-state index contributed by atoms with van der Waals surface area (Å²) in [5, 5.41) is 0. The average Bonchev–Trinajstić information content (AvgIpc) is 2.79. The van der Waals surface area contributed by atoms with Gasteiger partial charge in [-0.15, -0.1) is 0 Å². The van der Waals surface area contributed by atoms with Gasteiger partial charge in [-0.2, -0.15) is 0 Å². The number of rotatable bonds is 5. The van der Waals surface area contributed by atoms with Crippen LogP contribution in [0.25, 0.3) is 0 Å². The van der Waals surface area contributed by atoms with E-state index in [1.54, 1.807) is 0 Å². The predicted octanol–water partition coefficient (Wildman–Crippen LogP) is 2.93. The van der Waals surface area contributed by atoms with Crippen LogP contribution in [0.5, 0.6) is 0 Å². The Balaban J connectivity index is 1.73. The molecule has 0 atom stereocenters. The molecule has 0 heterocycles. The molecule has 1 fully saturated rings. The maximum atomic E-state index is 5.78. The van der Waals surface area contributed by atoms with E-state index in [1.165, 1.54) is 37.8 Å². The second kappa shape index (κ2) is 6.06. The first kappa shape index (κ1) is 12.4. The SMILES string of the molecule is CN(CCc1cccc(N)c1)CC1CCCC1. The van der Waals surface area contributed by atoms with Crippen LogP contribution in [0.1, 0.15) is 31.2 Å². The lowest BCUT2D eigenvalue weighted by Crippen LogP contribution is -2.26. The highest BCUT2D eigenvalue weighted by molar-refractivity contribution is 5.40. The van der Waals surface area contributed by atoms with Gasteiger partial charge in [-0.05, 0) is 49.9 Å². The van der Waals surface area contributed by atoms with E-state index in [-0.39, 0.29) is 0 Å². The van der Waals surface area contributed by atoms with Crippen LogP contribution >= 0.6 is 0 Å². The van der Waals surface area contributed by atoms with Crippen molar-refractivity contribution in [3.63, 3.8) is 0 Å². The van der Waals surface area contributed by atoms with Crippen molar-refractivity contribution in [2.24, 2.45) is 5.92 Å². The fourth-order valence-corrected chi connectivity index (χ4v) is 2.79. The molecule has 1 saturated carbocycles. The van der Waals surface area contributed by atoms with Crippen LogP contribution in [0.3, 0.4) is 0 Å². The quantitative estimate of drug-likeness (QED) is 0.791. The number of hydrogen-bond acceptors (Lipinski definition) is 2. The van der Waals surface area contributed by atoms with Gasteiger partial charge in [0.2, 0.25) is 0 Å². The van der Waals surface area contributed by atoms with Crippen LogP contribution in [0.2, 0.25) is 0 Å². The molecule has 0 aromatic heterocycles. The van der Waals surface area contributed by atoms with Gasteiger partial charge in [-0.1, -0.05) is 25.0 Å². The van der Waals surface area contributed by atoms with E-state index < -0.39 is 0 Å². The fraction of sp³-hybridized carbons (Fsp3) is 0.600. The summed E-state index contributed by atoms with van der Waals surface area (Å²) < 4.78 is 0. The monoisotopic (exact) mass is 232 g/mol. The molecule has 1 aromatic carbocycles. The summed E-state index contributed by atoms with van der Waals surface area (Å²) in [4.78, 5) is 2.47. The molecule has 94 valence electrons. The topological polar surface area (TPSA) is 29.3 Å². The highest BCUT2D eigenvalue weighted by atomic mass is 15.1. The van der Waals surface area contributed by atoms with Crippen molar-refractivity contribution in [1.29, 1.82) is 0 Å². The first-order valence-corrected chi connectivity index (χ1v) is 6.77. The van der Waals surface area contributed by atoms with Crippen LogP contribution in [0.4, 0.5) is 5.69 Å². The molecule has 1 aromatic rings. The third kappa shape index (κ3) is 4.04. The number of anilines is 1. The van der Waals surface area contributed by atoms with E-state index >= 15 is 0 Å². The van der Waals surface area contributed by atoms with E-state index in [0.717, 1.165) is 24.6 Å². The standard InChI is InChI=1S/C15H24N2/c1-17(12-14-5-2-3-6-14)10-9-13-7-4-8-15(16)11-13/h4,7-8,11,14H,2-3,5-6,9-10,12,16H2,1H3. The van der Waals surface area contributed by atoms with Gasteiger partial charge in [0.25, 0.3) is 0 Å². The maximum absolute atomic E-state index is 5.78. The van der Waals surface area contributed by atoms with E-state index in [2.05, 4.69) is 24.1 Å². The molecule has 1 aliphatic carbocycles. The van der Waals surface area contributed by atoms with Gasteiger partial charge >= 0.3 is 0 Å². The lowest BCUT2D eigenvalue weighted by atomic mass is 10.1. The summed E-state index contributed by atoms with van der Waals surface area (Å²) in [6.45, 7) is 2.41. The molecule has 0 spiro atoms. The second-order valence-corrected chi connectivity index (χ2v) is 5.41. The Morgan fingerprint density at radius 2 is 2.06 bits per heavy atom. The lowest BCUT2D eigenvalue weighted by Gasteiger charge is -2.20. The van der Waals surface area contributed by atoms with Crippen molar-refractivity contribution >= 4 is 5.69 Å². The van der Waals surface area contributed by atoms with Gasteiger partial charge in [-0.25, -0.2) is 0 Å². The first-order valence-electron chi connectivity index (χ1n) is 6.77. The number of benzene rings is 1. The zero-order valence-corrected chi connectivity index (χ0v) is 10.9. The third-order valence-electron chi connectivity index (χ3n) is 3.78. The zero-order chi connectivity index (χ0) is 12.1. The van der Waals surface area contributed by atoms with Gasteiger partial charge in [0, 0.05) is 18.8 Å². The van der Waals surface area contributed by atoms with Gasteiger partial charge in [0.1, 0.15) is 0 Å². The summed E-state index contributed by atoms with van der Waals surface area (Å²) in [6, 6.07) is 8.25. The van der Waals surface area contributed by atoms with E-state index in [1.807, 2.05) is 12.1 Å². The van der Waals surface area contributed by atoms with E-state index in [0.29, 0.717) is 0 Å². The largest absolute Gasteiger partial charge is 0.399 e. The molecule has 2 N–H and O–H groups in total. The first-order chi connectivity index (χ1) is 8.24. The minimum absolute atomic E-state index is 0.876. The molecule has 0 bridgehead atoms. The third-order valence-corrected chi connectivity index (χ3v) is 3.78.